The van der Waals surface area contributed by atoms with Crippen molar-refractivity contribution in [2.24, 2.45) is 11.7 Å². The van der Waals surface area contributed by atoms with Gasteiger partial charge in [0.25, 0.3) is 0 Å². The summed E-state index contributed by atoms with van der Waals surface area (Å²) in [5, 5.41) is 0. The van der Waals surface area contributed by atoms with Crippen LogP contribution in [0.4, 0.5) is 0 Å². The highest BCUT2D eigenvalue weighted by Crippen LogP contribution is 2.29. The second-order valence-electron chi connectivity index (χ2n) is 8.13. The van der Waals surface area contributed by atoms with E-state index >= 15 is 0 Å². The van der Waals surface area contributed by atoms with Crippen molar-refractivity contribution < 1.29 is 14.3 Å². The Bertz CT molecular complexity index is 654. The van der Waals surface area contributed by atoms with Crippen LogP contribution in [0.3, 0.4) is 0 Å². The van der Waals surface area contributed by atoms with Crippen LogP contribution in [0.5, 0.6) is 0 Å². The molecule has 0 aromatic heterocycles. The molecule has 2 amide bonds. The van der Waals surface area contributed by atoms with Crippen molar-refractivity contribution >= 4 is 11.8 Å². The molecule has 1 atom stereocenters. The number of nitrogens with two attached hydrogens (primary N) is 1. The number of methoxy groups -OCH3 is 1. The van der Waals surface area contributed by atoms with E-state index in [9.17, 15) is 9.59 Å². The van der Waals surface area contributed by atoms with Crippen LogP contribution in [-0.2, 0) is 27.2 Å². The molecule has 1 aliphatic carbocycles. The molecule has 1 heterocycles. The standard InChI is InChI=1S/C22H33N3O3/c1-28-12-11-25(22(27)9-8-21(23)26)16-17-5-4-10-24(15-17)20-13-18-6-2-3-7-19(18)14-20/h2-3,6-7,17,20H,4-5,8-16H2,1H3,(H2,23,26)/t17-/m0/s1. The summed E-state index contributed by atoms with van der Waals surface area (Å²) in [5.41, 5.74) is 8.18. The number of carbonyl (C=O) groups is 2. The first-order chi connectivity index (χ1) is 13.6. The molecule has 1 saturated heterocycles. The van der Waals surface area contributed by atoms with Crippen LogP contribution in [0.1, 0.15) is 36.8 Å². The Kier molecular flexibility index (Phi) is 7.45. The van der Waals surface area contributed by atoms with E-state index < -0.39 is 5.91 Å². The van der Waals surface area contributed by atoms with Crippen molar-refractivity contribution in [2.75, 3.05) is 39.9 Å². The maximum atomic E-state index is 12.6. The van der Waals surface area contributed by atoms with Gasteiger partial charge in [-0.2, -0.15) is 0 Å². The van der Waals surface area contributed by atoms with Crippen LogP contribution in [0.2, 0.25) is 0 Å². The van der Waals surface area contributed by atoms with E-state index in [-0.39, 0.29) is 18.7 Å². The number of carbonyl (C=O) groups excluding carboxylic acids is 2. The lowest BCUT2D eigenvalue weighted by atomic mass is 9.95. The van der Waals surface area contributed by atoms with Gasteiger partial charge in [0, 0.05) is 45.6 Å². The van der Waals surface area contributed by atoms with Crippen LogP contribution >= 0.6 is 0 Å². The summed E-state index contributed by atoms with van der Waals surface area (Å²) >= 11 is 0. The highest BCUT2D eigenvalue weighted by molar-refractivity contribution is 5.82. The minimum Gasteiger partial charge on any atom is -0.383 e. The zero-order valence-electron chi connectivity index (χ0n) is 16.9. The van der Waals surface area contributed by atoms with Gasteiger partial charge in [-0.1, -0.05) is 24.3 Å². The average molecular weight is 388 g/mol. The SMILES string of the molecule is COCCN(C[C@H]1CCCN(C2Cc3ccccc3C2)C1)C(=O)CCC(N)=O. The van der Waals surface area contributed by atoms with E-state index in [1.165, 1.54) is 17.5 Å². The molecule has 1 aromatic carbocycles. The molecule has 6 heteroatoms. The number of hydrogen-bond donors (Lipinski definition) is 1. The molecule has 28 heavy (non-hydrogen) atoms. The van der Waals surface area contributed by atoms with Crippen LogP contribution in [0.15, 0.2) is 24.3 Å². The van der Waals surface area contributed by atoms with Crippen LogP contribution in [-0.4, -0.2) is 67.6 Å². The molecule has 0 spiro atoms. The maximum absolute atomic E-state index is 12.6. The van der Waals surface area contributed by atoms with E-state index in [2.05, 4.69) is 29.2 Å². The Labute approximate surface area is 168 Å². The predicted molar refractivity (Wildman–Crippen MR) is 109 cm³/mol. The Morgan fingerprint density at radius 1 is 1.21 bits per heavy atom. The van der Waals surface area contributed by atoms with Gasteiger partial charge in [0.1, 0.15) is 0 Å². The molecular weight excluding hydrogens is 354 g/mol. The Balaban J connectivity index is 1.56. The summed E-state index contributed by atoms with van der Waals surface area (Å²) in [5.74, 6) is 0.0396. The van der Waals surface area contributed by atoms with Gasteiger partial charge in [-0.15, -0.1) is 0 Å². The summed E-state index contributed by atoms with van der Waals surface area (Å²) in [4.78, 5) is 28.1. The molecule has 1 aromatic rings. The number of fused-ring (bicyclic) bond motifs is 1. The summed E-state index contributed by atoms with van der Waals surface area (Å²) in [7, 11) is 1.65. The van der Waals surface area contributed by atoms with Gasteiger partial charge in [0.2, 0.25) is 11.8 Å². The minimum atomic E-state index is -0.426. The number of primary amides is 1. The van der Waals surface area contributed by atoms with Gasteiger partial charge in [0.15, 0.2) is 0 Å². The molecule has 2 N–H and O–H groups in total. The lowest BCUT2D eigenvalue weighted by molar-refractivity contribution is -0.134. The summed E-state index contributed by atoms with van der Waals surface area (Å²) in [6.45, 7) is 3.99. The second-order valence-corrected chi connectivity index (χ2v) is 8.13. The molecule has 0 saturated carbocycles. The number of benzene rings is 1. The minimum absolute atomic E-state index is 0.00115. The van der Waals surface area contributed by atoms with Crippen molar-refractivity contribution in [2.45, 2.75) is 44.6 Å². The van der Waals surface area contributed by atoms with E-state index in [0.717, 1.165) is 38.9 Å². The normalized spacial score (nSPS) is 20.1. The topological polar surface area (TPSA) is 75.9 Å². The van der Waals surface area contributed by atoms with Crippen LogP contribution in [0, 0.1) is 5.92 Å². The molecule has 6 nitrogen and oxygen atoms in total. The molecule has 1 aliphatic heterocycles. The number of nitrogens with zero attached hydrogens (tertiary/aromatic N) is 2. The van der Waals surface area contributed by atoms with Gasteiger partial charge in [-0.3, -0.25) is 14.5 Å². The number of amides is 2. The molecular formula is C22H33N3O3. The Morgan fingerprint density at radius 2 is 1.93 bits per heavy atom. The first-order valence-electron chi connectivity index (χ1n) is 10.4. The van der Waals surface area contributed by atoms with E-state index in [4.69, 9.17) is 10.5 Å². The van der Waals surface area contributed by atoms with E-state index in [0.29, 0.717) is 25.1 Å². The molecule has 0 radical (unpaired) electrons. The largest absolute Gasteiger partial charge is 0.383 e. The van der Waals surface area contributed by atoms with Gasteiger partial charge in [0.05, 0.1) is 6.61 Å². The van der Waals surface area contributed by atoms with Crippen molar-refractivity contribution in [3.8, 4) is 0 Å². The number of hydrogen-bond acceptors (Lipinski definition) is 4. The maximum Gasteiger partial charge on any atom is 0.223 e. The van der Waals surface area contributed by atoms with Gasteiger partial charge in [-0.05, 0) is 49.3 Å². The quantitative estimate of drug-likeness (QED) is 0.698. The van der Waals surface area contributed by atoms with Crippen molar-refractivity contribution in [3.63, 3.8) is 0 Å². The highest BCUT2D eigenvalue weighted by Gasteiger charge is 2.31. The molecule has 3 rings (SSSR count). The van der Waals surface area contributed by atoms with Crippen molar-refractivity contribution in [1.29, 1.82) is 0 Å². The third-order valence-electron chi connectivity index (χ3n) is 6.08. The summed E-state index contributed by atoms with van der Waals surface area (Å²) < 4.78 is 5.18. The zero-order chi connectivity index (χ0) is 19.9. The number of likely N-dealkylation sites (tertiary alicyclic amines) is 1. The molecule has 0 bridgehead atoms. The smallest absolute Gasteiger partial charge is 0.223 e. The average Bonchev–Trinajstić information content (AvgIpc) is 3.14. The number of ether oxygens (including phenoxy) is 1. The van der Waals surface area contributed by atoms with Crippen LogP contribution < -0.4 is 5.73 Å². The predicted octanol–water partition coefficient (Wildman–Crippen LogP) is 1.61. The lowest BCUT2D eigenvalue weighted by Gasteiger charge is -2.38. The molecule has 0 unspecified atom stereocenters. The van der Waals surface area contributed by atoms with Crippen molar-refractivity contribution in [3.05, 3.63) is 35.4 Å². The van der Waals surface area contributed by atoms with Gasteiger partial charge in [-0.25, -0.2) is 0 Å². The first-order valence-corrected chi connectivity index (χ1v) is 10.4. The van der Waals surface area contributed by atoms with E-state index in [1.807, 2.05) is 4.90 Å². The molecule has 154 valence electrons. The second kappa shape index (κ2) is 10.0. The highest BCUT2D eigenvalue weighted by atomic mass is 16.5. The van der Waals surface area contributed by atoms with Gasteiger partial charge < -0.3 is 15.4 Å². The Hall–Kier alpha value is -1.92. The molecule has 1 fully saturated rings. The zero-order valence-corrected chi connectivity index (χ0v) is 16.9. The Morgan fingerprint density at radius 3 is 2.57 bits per heavy atom. The number of piperidine rings is 1. The van der Waals surface area contributed by atoms with Crippen molar-refractivity contribution in [1.82, 2.24) is 9.80 Å². The fourth-order valence-corrected chi connectivity index (χ4v) is 4.59. The summed E-state index contributed by atoms with van der Waals surface area (Å²) in [6.07, 6.45) is 4.88. The third-order valence-corrected chi connectivity index (χ3v) is 6.08. The fraction of sp³-hybridized carbons (Fsp3) is 0.636. The first kappa shape index (κ1) is 20.8. The lowest BCUT2D eigenvalue weighted by Crippen LogP contribution is -2.47. The van der Waals surface area contributed by atoms with E-state index in [1.54, 1.807) is 7.11 Å². The molecule has 2 aliphatic rings. The monoisotopic (exact) mass is 387 g/mol. The van der Waals surface area contributed by atoms with Gasteiger partial charge >= 0.3 is 0 Å². The number of rotatable bonds is 9. The summed E-state index contributed by atoms with van der Waals surface area (Å²) in [6, 6.07) is 9.34. The van der Waals surface area contributed by atoms with Crippen LogP contribution in [0.25, 0.3) is 0 Å². The third kappa shape index (κ3) is 5.55. The fourth-order valence-electron chi connectivity index (χ4n) is 4.59.